The monoisotopic (exact) mass is 306 g/mol. The fourth-order valence-corrected chi connectivity index (χ4v) is 3.05. The van der Waals surface area contributed by atoms with Crippen LogP contribution in [0.2, 0.25) is 0 Å². The van der Waals surface area contributed by atoms with Gasteiger partial charge in [0.05, 0.1) is 0 Å². The molecule has 0 aliphatic carbocycles. The van der Waals surface area contributed by atoms with Gasteiger partial charge >= 0.3 is 0 Å². The first-order chi connectivity index (χ1) is 10.8. The highest BCUT2D eigenvalue weighted by atomic mass is 14.1. The van der Waals surface area contributed by atoms with Crippen molar-refractivity contribution in [2.75, 3.05) is 0 Å². The second-order valence-electron chi connectivity index (χ2n) is 6.79. The highest BCUT2D eigenvalue weighted by Gasteiger charge is 2.04. The molecule has 0 rings (SSSR count). The van der Waals surface area contributed by atoms with Crippen molar-refractivity contribution < 1.29 is 0 Å². The Hall–Kier alpha value is -0.260. The maximum atomic E-state index is 3.91. The Morgan fingerprint density at radius 1 is 0.636 bits per heavy atom. The number of hydrogen-bond donors (Lipinski definition) is 0. The lowest BCUT2D eigenvalue weighted by Crippen LogP contribution is -1.98. The third kappa shape index (κ3) is 16.1. The van der Waals surface area contributed by atoms with E-state index in [0.717, 1.165) is 18.8 Å². The molecule has 0 saturated carbocycles. The van der Waals surface area contributed by atoms with Crippen LogP contribution in [0.4, 0.5) is 0 Å². The number of unbranched alkanes of at least 4 members (excludes halogenated alkanes) is 10. The Labute approximate surface area is 142 Å². The van der Waals surface area contributed by atoms with Crippen LogP contribution in [0.3, 0.4) is 0 Å². The first kappa shape index (κ1) is 21.7. The summed E-state index contributed by atoms with van der Waals surface area (Å²) in [6.07, 6.45) is 26.2. The van der Waals surface area contributed by atoms with Crippen LogP contribution < -0.4 is 0 Å². The van der Waals surface area contributed by atoms with Gasteiger partial charge in [0.1, 0.15) is 0 Å². The topological polar surface area (TPSA) is 0 Å². The molecule has 0 bridgehead atoms. The summed E-state index contributed by atoms with van der Waals surface area (Å²) in [4.78, 5) is 0. The Bertz CT molecular complexity index is 216. The van der Waals surface area contributed by atoms with Crippen molar-refractivity contribution in [3.63, 3.8) is 0 Å². The van der Waals surface area contributed by atoms with Gasteiger partial charge in [0.15, 0.2) is 0 Å². The van der Waals surface area contributed by atoms with E-state index in [1.807, 2.05) is 0 Å². The van der Waals surface area contributed by atoms with Crippen molar-refractivity contribution in [1.82, 2.24) is 0 Å². The Morgan fingerprint density at radius 2 is 1.18 bits per heavy atom. The molecule has 0 aromatic heterocycles. The molecule has 22 heavy (non-hydrogen) atoms. The summed E-state index contributed by atoms with van der Waals surface area (Å²) in [5, 5.41) is 0. The van der Waals surface area contributed by atoms with E-state index in [-0.39, 0.29) is 0 Å². The Kier molecular flexibility index (Phi) is 18.6. The molecule has 130 valence electrons. The zero-order chi connectivity index (χ0) is 16.3. The summed E-state index contributed by atoms with van der Waals surface area (Å²) < 4.78 is 0. The van der Waals surface area contributed by atoms with Crippen LogP contribution in [0.15, 0.2) is 12.2 Å². The summed E-state index contributed by atoms with van der Waals surface area (Å²) in [5.41, 5.74) is 0. The van der Waals surface area contributed by atoms with Crippen molar-refractivity contribution in [2.45, 2.75) is 110 Å². The van der Waals surface area contributed by atoms with Gasteiger partial charge in [-0.25, -0.2) is 0 Å². The van der Waals surface area contributed by atoms with Crippen LogP contribution in [0, 0.1) is 19.8 Å². The molecule has 0 aliphatic heterocycles. The molecule has 0 aromatic carbocycles. The number of allylic oxidation sites excluding steroid dienone is 2. The van der Waals surface area contributed by atoms with Crippen molar-refractivity contribution in [1.29, 1.82) is 0 Å². The minimum absolute atomic E-state index is 0.954. The number of hydrogen-bond acceptors (Lipinski definition) is 0. The molecule has 1 unspecified atom stereocenters. The van der Waals surface area contributed by atoms with Gasteiger partial charge in [0.2, 0.25) is 0 Å². The quantitative estimate of drug-likeness (QED) is 0.188. The van der Waals surface area contributed by atoms with Gasteiger partial charge in [-0.3, -0.25) is 0 Å². The van der Waals surface area contributed by atoms with E-state index in [1.165, 1.54) is 89.9 Å². The highest BCUT2D eigenvalue weighted by Crippen LogP contribution is 2.20. The summed E-state index contributed by atoms with van der Waals surface area (Å²) in [6, 6.07) is 0. The lowest BCUT2D eigenvalue weighted by Gasteiger charge is -2.13. The van der Waals surface area contributed by atoms with Gasteiger partial charge in [-0.2, -0.15) is 0 Å². The molecule has 0 heteroatoms. The van der Waals surface area contributed by atoms with Gasteiger partial charge < -0.3 is 0 Å². The lowest BCUT2D eigenvalue weighted by molar-refractivity contribution is 0.414. The molecule has 1 atom stereocenters. The van der Waals surface area contributed by atoms with Crippen LogP contribution in [0.5, 0.6) is 0 Å². The van der Waals surface area contributed by atoms with Gasteiger partial charge in [-0.05, 0) is 31.6 Å². The van der Waals surface area contributed by atoms with Crippen LogP contribution in [0.25, 0.3) is 0 Å². The second-order valence-corrected chi connectivity index (χ2v) is 6.79. The second kappa shape index (κ2) is 18.8. The van der Waals surface area contributed by atoms with Gasteiger partial charge in [0, 0.05) is 0 Å². The average Bonchev–Trinajstić information content (AvgIpc) is 2.54. The van der Waals surface area contributed by atoms with E-state index >= 15 is 0 Å². The predicted molar refractivity (Wildman–Crippen MR) is 103 cm³/mol. The minimum atomic E-state index is 0.954. The normalized spacial score (nSPS) is 13.0. The van der Waals surface area contributed by atoms with Crippen molar-refractivity contribution in [3.8, 4) is 0 Å². The zero-order valence-electron chi connectivity index (χ0n) is 15.5. The highest BCUT2D eigenvalue weighted by molar-refractivity contribution is 4.82. The van der Waals surface area contributed by atoms with Crippen LogP contribution in [-0.2, 0) is 0 Å². The Morgan fingerprint density at radius 3 is 1.82 bits per heavy atom. The zero-order valence-corrected chi connectivity index (χ0v) is 15.5. The molecular weight excluding hydrogens is 264 g/mol. The minimum Gasteiger partial charge on any atom is -0.0885 e. The SMILES string of the molecule is [CH2]CCCCC/C=C/CCC(CC)CCCCCCCC[CH2]. The van der Waals surface area contributed by atoms with E-state index in [1.54, 1.807) is 0 Å². The molecule has 0 aromatic rings. The fraction of sp³-hybridized carbons (Fsp3) is 0.818. The standard InChI is InChI=1S/C22H42/c1-4-7-9-11-13-15-17-19-21-22(6-3)20-18-16-14-12-10-8-5-2/h15,17,22H,1-2,4-14,16,18-21H2,3H3/b17-15+. The van der Waals surface area contributed by atoms with Gasteiger partial charge in [-0.15, -0.1) is 0 Å². The van der Waals surface area contributed by atoms with Crippen molar-refractivity contribution >= 4 is 0 Å². The maximum absolute atomic E-state index is 3.91. The summed E-state index contributed by atoms with van der Waals surface area (Å²) in [7, 11) is 0. The molecule has 0 saturated heterocycles. The number of rotatable bonds is 17. The summed E-state index contributed by atoms with van der Waals surface area (Å²) >= 11 is 0. The maximum Gasteiger partial charge on any atom is -0.0348 e. The van der Waals surface area contributed by atoms with E-state index in [2.05, 4.69) is 32.9 Å². The van der Waals surface area contributed by atoms with Gasteiger partial charge in [-0.1, -0.05) is 110 Å². The van der Waals surface area contributed by atoms with Crippen molar-refractivity contribution in [3.05, 3.63) is 26.0 Å². The third-order valence-electron chi connectivity index (χ3n) is 4.72. The van der Waals surface area contributed by atoms with Crippen LogP contribution >= 0.6 is 0 Å². The van der Waals surface area contributed by atoms with Crippen molar-refractivity contribution in [2.24, 2.45) is 5.92 Å². The molecule has 0 N–H and O–H groups in total. The lowest BCUT2D eigenvalue weighted by atomic mass is 9.93. The molecule has 0 aliphatic rings. The summed E-state index contributed by atoms with van der Waals surface area (Å²) in [6.45, 7) is 10.2. The molecule has 0 fully saturated rings. The van der Waals surface area contributed by atoms with Gasteiger partial charge in [0.25, 0.3) is 0 Å². The molecular formula is C22H42. The first-order valence-electron chi connectivity index (χ1n) is 10.1. The fourth-order valence-electron chi connectivity index (χ4n) is 3.05. The molecule has 2 radical (unpaired) electrons. The van der Waals surface area contributed by atoms with E-state index in [4.69, 9.17) is 0 Å². The van der Waals surface area contributed by atoms with Crippen LogP contribution in [0.1, 0.15) is 110 Å². The largest absolute Gasteiger partial charge is 0.0885 e. The summed E-state index contributed by atoms with van der Waals surface area (Å²) in [5.74, 6) is 0.954. The predicted octanol–water partition coefficient (Wildman–Crippen LogP) is 8.09. The molecule has 0 heterocycles. The van der Waals surface area contributed by atoms with E-state index in [0.29, 0.717) is 0 Å². The smallest absolute Gasteiger partial charge is 0.0348 e. The average molecular weight is 307 g/mol. The van der Waals surface area contributed by atoms with E-state index < -0.39 is 0 Å². The van der Waals surface area contributed by atoms with E-state index in [9.17, 15) is 0 Å². The molecule has 0 amide bonds. The van der Waals surface area contributed by atoms with Crippen LogP contribution in [-0.4, -0.2) is 0 Å². The molecule has 0 spiro atoms. The Balaban J connectivity index is 3.40. The third-order valence-corrected chi connectivity index (χ3v) is 4.72. The molecule has 0 nitrogen and oxygen atoms in total. The first-order valence-corrected chi connectivity index (χ1v) is 10.1.